The Morgan fingerprint density at radius 1 is 1.18 bits per heavy atom. The van der Waals surface area contributed by atoms with Gasteiger partial charge in [-0.2, -0.15) is 0 Å². The van der Waals surface area contributed by atoms with E-state index in [1.165, 1.54) is 12.1 Å². The first-order chi connectivity index (χ1) is 10.4. The van der Waals surface area contributed by atoms with E-state index in [1.807, 2.05) is 32.0 Å². The Kier molecular flexibility index (Phi) is 7.87. The van der Waals surface area contributed by atoms with Crippen molar-refractivity contribution in [2.45, 2.75) is 19.9 Å². The molecule has 0 aromatic heterocycles. The van der Waals surface area contributed by atoms with Gasteiger partial charge < -0.3 is 15.2 Å². The van der Waals surface area contributed by atoms with E-state index in [0.717, 1.165) is 5.56 Å². The monoisotopic (exact) mass is 341 g/mol. The van der Waals surface area contributed by atoms with Crippen molar-refractivity contribution in [3.8, 4) is 0 Å². The molecule has 3 nitrogen and oxygen atoms in total. The van der Waals surface area contributed by atoms with Crippen LogP contribution >= 0.6 is 6.49 Å². The van der Waals surface area contributed by atoms with E-state index in [2.05, 4.69) is 0 Å². The molecule has 0 fully saturated rings. The Balaban J connectivity index is 0.000000224. The molecule has 0 saturated heterocycles. The normalized spacial score (nSPS) is 14.4. The minimum atomic E-state index is -2.71. The van der Waals surface area contributed by atoms with Gasteiger partial charge in [0.15, 0.2) is 0 Å². The molecule has 2 aromatic rings. The van der Waals surface area contributed by atoms with E-state index in [9.17, 15) is 9.28 Å². The van der Waals surface area contributed by atoms with E-state index in [1.54, 1.807) is 24.3 Å². The lowest BCUT2D eigenvalue weighted by molar-refractivity contribution is 0.335. The molecule has 120 valence electrons. The van der Waals surface area contributed by atoms with Crippen LogP contribution in [0.2, 0.25) is 0 Å². The molecule has 0 aliphatic carbocycles. The van der Waals surface area contributed by atoms with Crippen molar-refractivity contribution in [2.75, 3.05) is 6.61 Å². The van der Waals surface area contributed by atoms with E-state index in [4.69, 9.17) is 22.1 Å². The Hall–Kier alpha value is -1.10. The molecule has 0 amide bonds. The summed E-state index contributed by atoms with van der Waals surface area (Å²) < 4.78 is 17.4. The van der Waals surface area contributed by atoms with Crippen LogP contribution in [0.3, 0.4) is 0 Å². The first-order valence-corrected chi connectivity index (χ1v) is 9.58. The molecule has 0 heterocycles. The topological polar surface area (TPSA) is 55.5 Å². The molecule has 3 N–H and O–H groups in total. The highest BCUT2D eigenvalue weighted by Gasteiger charge is 2.14. The molecule has 0 aliphatic rings. The van der Waals surface area contributed by atoms with Gasteiger partial charge in [0.1, 0.15) is 5.82 Å². The molecule has 1 unspecified atom stereocenters. The van der Waals surface area contributed by atoms with Gasteiger partial charge >= 0.3 is 0 Å². The highest BCUT2D eigenvalue weighted by Crippen LogP contribution is 2.40. The summed E-state index contributed by atoms with van der Waals surface area (Å²) in [5, 5.41) is 0.710. The maximum absolute atomic E-state index is 12.3. The van der Waals surface area contributed by atoms with Gasteiger partial charge in [0.25, 0.3) is 0 Å². The lowest BCUT2D eigenvalue weighted by Crippen LogP contribution is -2.05. The molecular formula is C16H21FNO2PS. The van der Waals surface area contributed by atoms with Crippen LogP contribution in [0.25, 0.3) is 0 Å². The quantitative estimate of drug-likeness (QED) is 0.836. The van der Waals surface area contributed by atoms with Crippen molar-refractivity contribution in [1.82, 2.24) is 0 Å². The minimum absolute atomic E-state index is 0.0133. The standard InChI is InChI=1S/C8H10FN.C8H11O2PS/c1-6(10)7-2-4-8(9)5-3-7;1-2-10-11(9,12)8-6-4-3-5-7-8/h2-6H,10H2,1H3;3-7H,2H2,1H3,(H,9,12)/t6-;/m1./s1. The summed E-state index contributed by atoms with van der Waals surface area (Å²) in [5.74, 6) is -0.218. The molecule has 0 aliphatic heterocycles. The summed E-state index contributed by atoms with van der Waals surface area (Å²) in [4.78, 5) is 9.69. The van der Waals surface area contributed by atoms with Crippen molar-refractivity contribution in [3.05, 3.63) is 66.0 Å². The van der Waals surface area contributed by atoms with Crippen molar-refractivity contribution >= 4 is 23.6 Å². The fourth-order valence-electron chi connectivity index (χ4n) is 1.63. The predicted octanol–water partition coefficient (Wildman–Crippen LogP) is 3.50. The number of rotatable bonds is 4. The maximum Gasteiger partial charge on any atom is 0.216 e. The highest BCUT2D eigenvalue weighted by atomic mass is 32.5. The molecular weight excluding hydrogens is 320 g/mol. The summed E-state index contributed by atoms with van der Waals surface area (Å²) in [5.41, 5.74) is 6.50. The van der Waals surface area contributed by atoms with Crippen LogP contribution in [-0.4, -0.2) is 11.5 Å². The van der Waals surface area contributed by atoms with Crippen LogP contribution in [0, 0.1) is 5.82 Å². The second kappa shape index (κ2) is 9.13. The number of hydrogen-bond donors (Lipinski definition) is 2. The van der Waals surface area contributed by atoms with Crippen molar-refractivity contribution < 1.29 is 13.8 Å². The molecule has 2 aromatic carbocycles. The lowest BCUT2D eigenvalue weighted by Gasteiger charge is -2.13. The number of hydrogen-bond acceptors (Lipinski definition) is 3. The summed E-state index contributed by atoms with van der Waals surface area (Å²) >= 11 is 4.95. The molecule has 0 saturated carbocycles. The molecule has 0 radical (unpaired) electrons. The number of halogens is 1. The van der Waals surface area contributed by atoms with Gasteiger partial charge in [-0.3, -0.25) is 0 Å². The summed E-state index contributed by atoms with van der Waals surface area (Å²) in [6.07, 6.45) is 0. The molecule has 2 rings (SSSR count). The molecule has 0 bridgehead atoms. The highest BCUT2D eigenvalue weighted by molar-refractivity contribution is 8.13. The average Bonchev–Trinajstić information content (AvgIpc) is 2.49. The average molecular weight is 341 g/mol. The zero-order chi connectivity index (χ0) is 16.6. The van der Waals surface area contributed by atoms with Gasteiger partial charge in [0.05, 0.1) is 6.61 Å². The van der Waals surface area contributed by atoms with Gasteiger partial charge in [-0.25, -0.2) is 4.39 Å². The summed E-state index contributed by atoms with van der Waals surface area (Å²) in [6.45, 7) is 1.42. The first kappa shape index (κ1) is 18.9. The van der Waals surface area contributed by atoms with Gasteiger partial charge in [-0.15, -0.1) is 0 Å². The second-order valence-electron chi connectivity index (χ2n) is 4.61. The van der Waals surface area contributed by atoms with Crippen molar-refractivity contribution in [2.24, 2.45) is 5.73 Å². The van der Waals surface area contributed by atoms with Crippen LogP contribution in [0.1, 0.15) is 25.5 Å². The lowest BCUT2D eigenvalue weighted by atomic mass is 10.1. The Morgan fingerprint density at radius 2 is 1.73 bits per heavy atom. The third-order valence-electron chi connectivity index (χ3n) is 2.78. The first-order valence-electron chi connectivity index (χ1n) is 6.90. The SMILES string of the molecule is CCOP(O)(=S)c1ccccc1.C[C@@H](N)c1ccc(F)cc1. The summed E-state index contributed by atoms with van der Waals surface area (Å²) in [6, 6.07) is 15.3. The predicted molar refractivity (Wildman–Crippen MR) is 93.2 cm³/mol. The van der Waals surface area contributed by atoms with E-state index >= 15 is 0 Å². The third-order valence-corrected chi connectivity index (χ3v) is 5.29. The van der Waals surface area contributed by atoms with Gasteiger partial charge in [0, 0.05) is 11.3 Å². The van der Waals surface area contributed by atoms with Crippen LogP contribution in [-0.2, 0) is 16.3 Å². The Morgan fingerprint density at radius 3 is 2.18 bits per heavy atom. The smallest absolute Gasteiger partial charge is 0.216 e. The Labute approximate surface area is 136 Å². The second-order valence-corrected chi connectivity index (χ2v) is 7.91. The molecule has 6 heteroatoms. The maximum atomic E-state index is 12.3. The molecule has 22 heavy (non-hydrogen) atoms. The summed E-state index contributed by atoms with van der Waals surface area (Å²) in [7, 11) is 0. The van der Waals surface area contributed by atoms with Crippen LogP contribution < -0.4 is 11.0 Å². The number of benzene rings is 2. The fraction of sp³-hybridized carbons (Fsp3) is 0.250. The van der Waals surface area contributed by atoms with E-state index < -0.39 is 6.49 Å². The van der Waals surface area contributed by atoms with Crippen LogP contribution in [0.4, 0.5) is 4.39 Å². The number of nitrogens with two attached hydrogens (primary N) is 1. The zero-order valence-electron chi connectivity index (χ0n) is 12.6. The van der Waals surface area contributed by atoms with Gasteiger partial charge in [0.2, 0.25) is 6.49 Å². The van der Waals surface area contributed by atoms with Gasteiger partial charge in [-0.1, -0.05) is 30.3 Å². The van der Waals surface area contributed by atoms with Crippen LogP contribution in [0.15, 0.2) is 54.6 Å². The van der Waals surface area contributed by atoms with Crippen molar-refractivity contribution in [1.29, 1.82) is 0 Å². The Bertz CT molecular complexity index is 605. The zero-order valence-corrected chi connectivity index (χ0v) is 14.4. The largest absolute Gasteiger partial charge is 0.342 e. The van der Waals surface area contributed by atoms with Gasteiger partial charge in [-0.05, 0) is 55.5 Å². The van der Waals surface area contributed by atoms with Crippen molar-refractivity contribution in [3.63, 3.8) is 0 Å². The third kappa shape index (κ3) is 6.34. The van der Waals surface area contributed by atoms with E-state index in [-0.39, 0.29) is 11.9 Å². The molecule has 0 spiro atoms. The van der Waals surface area contributed by atoms with E-state index in [0.29, 0.717) is 11.9 Å². The van der Waals surface area contributed by atoms with Crippen LogP contribution in [0.5, 0.6) is 0 Å². The molecule has 2 atom stereocenters. The fourth-order valence-corrected chi connectivity index (χ4v) is 3.36. The minimum Gasteiger partial charge on any atom is -0.342 e.